The first-order valence-corrected chi connectivity index (χ1v) is 5.74. The largest absolute Gasteiger partial charge is 0.397 e. The van der Waals surface area contributed by atoms with Gasteiger partial charge >= 0.3 is 0 Å². The average molecular weight is 258 g/mol. The second kappa shape index (κ2) is 5.34. The number of carbonyl (C=O) groups excluding carboxylic acids is 1. The molecular weight excluding hydrogens is 244 g/mol. The number of anilines is 2. The molecule has 19 heavy (non-hydrogen) atoms. The molecule has 0 radical (unpaired) electrons. The lowest BCUT2D eigenvalue weighted by molar-refractivity contribution is -0.117. The molecule has 0 saturated heterocycles. The normalized spacial score (nSPS) is 10.2. The van der Waals surface area contributed by atoms with E-state index in [2.05, 4.69) is 10.4 Å². The molecule has 1 heterocycles. The molecular formula is C13H14N4O2. The van der Waals surface area contributed by atoms with Crippen molar-refractivity contribution in [3.63, 3.8) is 0 Å². The van der Waals surface area contributed by atoms with Crippen molar-refractivity contribution in [3.05, 3.63) is 52.4 Å². The summed E-state index contributed by atoms with van der Waals surface area (Å²) in [6, 6.07) is 8.35. The maximum atomic E-state index is 11.8. The van der Waals surface area contributed by atoms with Gasteiger partial charge in [-0.1, -0.05) is 12.1 Å². The van der Waals surface area contributed by atoms with Crippen LogP contribution in [-0.4, -0.2) is 15.7 Å². The Labute approximate surface area is 109 Å². The van der Waals surface area contributed by atoms with E-state index in [9.17, 15) is 9.59 Å². The number of carbonyl (C=O) groups is 1. The van der Waals surface area contributed by atoms with E-state index in [1.165, 1.54) is 12.3 Å². The topological polar surface area (TPSA) is 90.0 Å². The van der Waals surface area contributed by atoms with Crippen molar-refractivity contribution in [3.8, 4) is 0 Å². The van der Waals surface area contributed by atoms with Gasteiger partial charge in [-0.3, -0.25) is 9.59 Å². The minimum Gasteiger partial charge on any atom is -0.397 e. The third-order valence-electron chi connectivity index (χ3n) is 2.53. The Balaban J connectivity index is 2.10. The van der Waals surface area contributed by atoms with E-state index in [-0.39, 0.29) is 18.0 Å². The molecule has 1 aromatic heterocycles. The van der Waals surface area contributed by atoms with Crippen LogP contribution < -0.4 is 16.6 Å². The highest BCUT2D eigenvalue weighted by atomic mass is 16.2. The van der Waals surface area contributed by atoms with Crippen LogP contribution in [0.2, 0.25) is 0 Å². The Kier molecular flexibility index (Phi) is 3.61. The summed E-state index contributed by atoms with van der Waals surface area (Å²) in [5.74, 6) is -0.351. The van der Waals surface area contributed by atoms with Crippen molar-refractivity contribution in [2.75, 3.05) is 11.1 Å². The van der Waals surface area contributed by atoms with Crippen LogP contribution in [0.5, 0.6) is 0 Å². The standard InChI is InChI=1S/C13H14N4O2/c1-9-6-13(19)17(15-7-9)8-12(18)16-11-5-3-2-4-10(11)14/h2-7H,8,14H2,1H3,(H,16,18). The maximum absolute atomic E-state index is 11.8. The molecule has 0 bridgehead atoms. The molecule has 0 spiro atoms. The van der Waals surface area contributed by atoms with Gasteiger partial charge in [0.05, 0.1) is 17.6 Å². The second-order valence-corrected chi connectivity index (χ2v) is 4.16. The fourth-order valence-electron chi connectivity index (χ4n) is 1.58. The average Bonchev–Trinajstić information content (AvgIpc) is 2.36. The fourth-order valence-corrected chi connectivity index (χ4v) is 1.58. The summed E-state index contributed by atoms with van der Waals surface area (Å²) in [7, 11) is 0. The van der Waals surface area contributed by atoms with Gasteiger partial charge in [0.15, 0.2) is 0 Å². The Morgan fingerprint density at radius 3 is 2.84 bits per heavy atom. The Bertz CT molecular complexity index is 664. The van der Waals surface area contributed by atoms with Crippen LogP contribution in [0.3, 0.4) is 0 Å². The Hall–Kier alpha value is -2.63. The smallest absolute Gasteiger partial charge is 0.267 e. The van der Waals surface area contributed by atoms with E-state index in [4.69, 9.17) is 5.73 Å². The zero-order valence-electron chi connectivity index (χ0n) is 10.5. The first kappa shape index (κ1) is 12.8. The van der Waals surface area contributed by atoms with E-state index in [1.807, 2.05) is 0 Å². The molecule has 0 saturated carbocycles. The molecule has 98 valence electrons. The minimum atomic E-state index is -0.351. The predicted molar refractivity (Wildman–Crippen MR) is 72.7 cm³/mol. The van der Waals surface area contributed by atoms with Crippen LogP contribution in [0, 0.1) is 6.92 Å². The molecule has 6 heteroatoms. The third-order valence-corrected chi connectivity index (χ3v) is 2.53. The predicted octanol–water partition coefficient (Wildman–Crippen LogP) is 0.773. The van der Waals surface area contributed by atoms with Gasteiger partial charge < -0.3 is 11.1 Å². The Morgan fingerprint density at radius 2 is 2.16 bits per heavy atom. The highest BCUT2D eigenvalue weighted by Crippen LogP contribution is 2.16. The molecule has 0 aliphatic heterocycles. The van der Waals surface area contributed by atoms with Crippen LogP contribution in [0.15, 0.2) is 41.3 Å². The minimum absolute atomic E-state index is 0.145. The van der Waals surface area contributed by atoms with Gasteiger partial charge in [-0.25, -0.2) is 4.68 Å². The monoisotopic (exact) mass is 258 g/mol. The van der Waals surface area contributed by atoms with Crippen molar-refractivity contribution in [1.29, 1.82) is 0 Å². The number of amides is 1. The number of hydrogen-bond donors (Lipinski definition) is 2. The van der Waals surface area contributed by atoms with Gasteiger partial charge in [-0.05, 0) is 24.6 Å². The molecule has 0 aliphatic carbocycles. The Morgan fingerprint density at radius 1 is 1.42 bits per heavy atom. The molecule has 2 rings (SSSR count). The van der Waals surface area contributed by atoms with E-state index < -0.39 is 0 Å². The number of nitrogens with zero attached hydrogens (tertiary/aromatic N) is 2. The van der Waals surface area contributed by atoms with Crippen molar-refractivity contribution in [2.24, 2.45) is 0 Å². The summed E-state index contributed by atoms with van der Waals surface area (Å²) in [5, 5.41) is 6.53. The molecule has 3 N–H and O–H groups in total. The fraction of sp³-hybridized carbons (Fsp3) is 0.154. The summed E-state index contributed by atoms with van der Waals surface area (Å²) in [6.07, 6.45) is 1.53. The molecule has 1 amide bonds. The van der Waals surface area contributed by atoms with Gasteiger partial charge in [0.2, 0.25) is 5.91 Å². The number of hydrogen-bond acceptors (Lipinski definition) is 4. The number of aromatic nitrogens is 2. The molecule has 0 fully saturated rings. The highest BCUT2D eigenvalue weighted by molar-refractivity contribution is 5.93. The number of rotatable bonds is 3. The summed E-state index contributed by atoms with van der Waals surface area (Å²) < 4.78 is 1.10. The number of benzene rings is 1. The zero-order valence-corrected chi connectivity index (χ0v) is 10.5. The number of nitrogen functional groups attached to an aromatic ring is 1. The highest BCUT2D eigenvalue weighted by Gasteiger charge is 2.07. The summed E-state index contributed by atoms with van der Waals surface area (Å²) in [4.78, 5) is 23.4. The quantitative estimate of drug-likeness (QED) is 0.796. The van der Waals surface area contributed by atoms with Crippen LogP contribution in [-0.2, 0) is 11.3 Å². The van der Waals surface area contributed by atoms with Crippen molar-refractivity contribution in [2.45, 2.75) is 13.5 Å². The van der Waals surface area contributed by atoms with Gasteiger partial charge in [0.1, 0.15) is 6.54 Å². The molecule has 1 aromatic carbocycles. The molecule has 6 nitrogen and oxygen atoms in total. The van der Waals surface area contributed by atoms with Gasteiger partial charge in [0, 0.05) is 6.07 Å². The first-order valence-electron chi connectivity index (χ1n) is 5.74. The van der Waals surface area contributed by atoms with Crippen LogP contribution in [0.25, 0.3) is 0 Å². The van der Waals surface area contributed by atoms with E-state index >= 15 is 0 Å². The van der Waals surface area contributed by atoms with Crippen LogP contribution in [0.1, 0.15) is 5.56 Å². The van der Waals surface area contributed by atoms with Crippen LogP contribution in [0.4, 0.5) is 11.4 Å². The molecule has 0 atom stereocenters. The van der Waals surface area contributed by atoms with E-state index in [0.29, 0.717) is 11.4 Å². The van der Waals surface area contributed by atoms with Crippen LogP contribution >= 0.6 is 0 Å². The van der Waals surface area contributed by atoms with Crippen molar-refractivity contribution < 1.29 is 4.79 Å². The van der Waals surface area contributed by atoms with E-state index in [1.54, 1.807) is 31.2 Å². The lowest BCUT2D eigenvalue weighted by atomic mass is 10.2. The van der Waals surface area contributed by atoms with Gasteiger partial charge in [-0.15, -0.1) is 0 Å². The molecule has 0 unspecified atom stereocenters. The van der Waals surface area contributed by atoms with E-state index in [0.717, 1.165) is 10.2 Å². The third kappa shape index (κ3) is 3.19. The SMILES string of the molecule is Cc1cnn(CC(=O)Nc2ccccc2N)c(=O)c1. The zero-order chi connectivity index (χ0) is 13.8. The number of para-hydroxylation sites is 2. The van der Waals surface area contributed by atoms with Gasteiger partial charge in [-0.2, -0.15) is 5.10 Å². The lowest BCUT2D eigenvalue weighted by Crippen LogP contribution is -2.29. The lowest BCUT2D eigenvalue weighted by Gasteiger charge is -2.08. The molecule has 2 aromatic rings. The van der Waals surface area contributed by atoms with Crippen molar-refractivity contribution in [1.82, 2.24) is 9.78 Å². The maximum Gasteiger partial charge on any atom is 0.267 e. The summed E-state index contributed by atoms with van der Waals surface area (Å²) in [6.45, 7) is 1.62. The number of nitrogens with two attached hydrogens (primary N) is 1. The number of aryl methyl sites for hydroxylation is 1. The van der Waals surface area contributed by atoms with Crippen molar-refractivity contribution >= 4 is 17.3 Å². The second-order valence-electron chi connectivity index (χ2n) is 4.16. The molecule has 0 aliphatic rings. The van der Waals surface area contributed by atoms with Gasteiger partial charge in [0.25, 0.3) is 5.56 Å². The first-order chi connectivity index (χ1) is 9.06. The number of nitrogens with one attached hydrogen (secondary N) is 1. The summed E-state index contributed by atoms with van der Waals surface area (Å²) in [5.41, 5.74) is 7.16. The summed E-state index contributed by atoms with van der Waals surface area (Å²) >= 11 is 0.